The van der Waals surface area contributed by atoms with Gasteiger partial charge in [0.25, 0.3) is 5.89 Å². The summed E-state index contributed by atoms with van der Waals surface area (Å²) in [5.41, 5.74) is 0.367. The van der Waals surface area contributed by atoms with Crippen molar-refractivity contribution in [3.8, 4) is 11.5 Å². The van der Waals surface area contributed by atoms with E-state index in [1.54, 1.807) is 0 Å². The first-order valence-corrected chi connectivity index (χ1v) is 4.05. The molecule has 0 spiro atoms. The standard InChI is InChI=1S/C8H4ClFN2O2/c9-6-3-4(10)1-2-5(6)7-11-12-8(13)14-7/h1-3H,(H,12,13). The third-order valence-corrected chi connectivity index (χ3v) is 1.91. The van der Waals surface area contributed by atoms with Gasteiger partial charge in [0.2, 0.25) is 0 Å². The first-order chi connectivity index (χ1) is 6.66. The van der Waals surface area contributed by atoms with Crippen LogP contribution >= 0.6 is 11.6 Å². The lowest BCUT2D eigenvalue weighted by Crippen LogP contribution is -1.93. The van der Waals surface area contributed by atoms with Crippen LogP contribution < -0.4 is 5.76 Å². The molecule has 0 unspecified atom stereocenters. The highest BCUT2D eigenvalue weighted by Crippen LogP contribution is 2.25. The molecule has 1 heterocycles. The Morgan fingerprint density at radius 3 is 2.86 bits per heavy atom. The van der Waals surface area contributed by atoms with Gasteiger partial charge in [0.15, 0.2) is 0 Å². The number of nitrogens with zero attached hydrogens (tertiary/aromatic N) is 1. The molecular weight excluding hydrogens is 211 g/mol. The summed E-state index contributed by atoms with van der Waals surface area (Å²) in [6.45, 7) is 0. The average molecular weight is 215 g/mol. The largest absolute Gasteiger partial charge is 0.434 e. The van der Waals surface area contributed by atoms with Gasteiger partial charge >= 0.3 is 5.76 Å². The topological polar surface area (TPSA) is 58.9 Å². The smallest absolute Gasteiger partial charge is 0.388 e. The lowest BCUT2D eigenvalue weighted by Gasteiger charge is -1.97. The van der Waals surface area contributed by atoms with Gasteiger partial charge in [-0.1, -0.05) is 11.6 Å². The van der Waals surface area contributed by atoms with E-state index >= 15 is 0 Å². The van der Waals surface area contributed by atoms with Crippen molar-refractivity contribution in [2.45, 2.75) is 0 Å². The predicted octanol–water partition coefficient (Wildman–Crippen LogP) is 1.82. The molecule has 0 saturated heterocycles. The number of H-pyrrole nitrogens is 1. The average Bonchev–Trinajstić information content (AvgIpc) is 2.51. The molecule has 2 aromatic rings. The molecule has 1 N–H and O–H groups in total. The summed E-state index contributed by atoms with van der Waals surface area (Å²) < 4.78 is 17.3. The van der Waals surface area contributed by atoms with Crippen molar-refractivity contribution in [1.82, 2.24) is 10.2 Å². The Bertz CT molecular complexity index is 520. The Morgan fingerprint density at radius 1 is 1.50 bits per heavy atom. The zero-order valence-corrected chi connectivity index (χ0v) is 7.51. The second kappa shape index (κ2) is 3.26. The highest BCUT2D eigenvalue weighted by Gasteiger charge is 2.09. The fraction of sp³-hybridized carbons (Fsp3) is 0. The number of hydrogen-bond acceptors (Lipinski definition) is 3. The Labute approximate surface area is 82.3 Å². The second-order valence-corrected chi connectivity index (χ2v) is 2.95. The van der Waals surface area contributed by atoms with Crippen LogP contribution in [0.3, 0.4) is 0 Å². The van der Waals surface area contributed by atoms with E-state index < -0.39 is 11.6 Å². The number of nitrogens with one attached hydrogen (secondary N) is 1. The molecule has 0 aliphatic rings. The molecule has 0 radical (unpaired) electrons. The highest BCUT2D eigenvalue weighted by molar-refractivity contribution is 6.33. The zero-order valence-electron chi connectivity index (χ0n) is 6.75. The van der Waals surface area contributed by atoms with Gasteiger partial charge in [-0.25, -0.2) is 14.3 Å². The molecule has 1 aromatic carbocycles. The normalized spacial score (nSPS) is 10.4. The van der Waals surface area contributed by atoms with E-state index in [0.717, 1.165) is 6.07 Å². The van der Waals surface area contributed by atoms with Crippen LogP contribution in [0.5, 0.6) is 0 Å². The van der Waals surface area contributed by atoms with Gasteiger partial charge in [0.1, 0.15) is 5.82 Å². The van der Waals surface area contributed by atoms with Crippen LogP contribution in [-0.2, 0) is 0 Å². The van der Waals surface area contributed by atoms with Gasteiger partial charge < -0.3 is 4.42 Å². The molecule has 0 bridgehead atoms. The first kappa shape index (κ1) is 8.96. The van der Waals surface area contributed by atoms with Crippen molar-refractivity contribution in [3.05, 3.63) is 39.6 Å². The summed E-state index contributed by atoms with van der Waals surface area (Å²) >= 11 is 5.72. The van der Waals surface area contributed by atoms with Gasteiger partial charge in [-0.05, 0) is 18.2 Å². The molecule has 0 aliphatic heterocycles. The second-order valence-electron chi connectivity index (χ2n) is 2.54. The zero-order chi connectivity index (χ0) is 10.1. The minimum absolute atomic E-state index is 0.0417. The number of aromatic nitrogens is 2. The van der Waals surface area contributed by atoms with Gasteiger partial charge in [-0.15, -0.1) is 5.10 Å². The summed E-state index contributed by atoms with van der Waals surface area (Å²) in [5, 5.41) is 5.79. The van der Waals surface area contributed by atoms with Crippen LogP contribution in [-0.4, -0.2) is 10.2 Å². The Balaban J connectivity index is 2.57. The lowest BCUT2D eigenvalue weighted by atomic mass is 10.2. The number of rotatable bonds is 1. The fourth-order valence-corrected chi connectivity index (χ4v) is 1.26. The van der Waals surface area contributed by atoms with Crippen LogP contribution in [0.2, 0.25) is 5.02 Å². The molecule has 1 aromatic heterocycles. The van der Waals surface area contributed by atoms with Gasteiger partial charge in [0.05, 0.1) is 10.6 Å². The molecule has 72 valence electrons. The van der Waals surface area contributed by atoms with Crippen LogP contribution in [0, 0.1) is 5.82 Å². The van der Waals surface area contributed by atoms with Crippen molar-refractivity contribution in [2.75, 3.05) is 0 Å². The van der Waals surface area contributed by atoms with Crippen molar-refractivity contribution in [1.29, 1.82) is 0 Å². The highest BCUT2D eigenvalue weighted by atomic mass is 35.5. The number of halogens is 2. The van der Waals surface area contributed by atoms with Crippen LogP contribution in [0.25, 0.3) is 11.5 Å². The molecule has 0 aliphatic carbocycles. The van der Waals surface area contributed by atoms with E-state index in [2.05, 4.69) is 14.6 Å². The Kier molecular flexibility index (Phi) is 2.09. The van der Waals surface area contributed by atoms with E-state index in [-0.39, 0.29) is 10.9 Å². The third-order valence-electron chi connectivity index (χ3n) is 1.60. The van der Waals surface area contributed by atoms with Gasteiger partial charge in [-0.3, -0.25) is 0 Å². The van der Waals surface area contributed by atoms with E-state index in [1.165, 1.54) is 12.1 Å². The van der Waals surface area contributed by atoms with E-state index in [9.17, 15) is 9.18 Å². The van der Waals surface area contributed by atoms with E-state index in [0.29, 0.717) is 5.56 Å². The predicted molar refractivity (Wildman–Crippen MR) is 47.5 cm³/mol. The Hall–Kier alpha value is -1.62. The monoisotopic (exact) mass is 214 g/mol. The molecule has 0 amide bonds. The molecular formula is C8H4ClFN2O2. The van der Waals surface area contributed by atoms with Crippen LogP contribution in [0.1, 0.15) is 0 Å². The fourth-order valence-electron chi connectivity index (χ4n) is 1.01. The van der Waals surface area contributed by atoms with Crippen LogP contribution in [0.4, 0.5) is 4.39 Å². The van der Waals surface area contributed by atoms with E-state index in [1.807, 2.05) is 0 Å². The van der Waals surface area contributed by atoms with Gasteiger partial charge in [-0.2, -0.15) is 0 Å². The Morgan fingerprint density at radius 2 is 2.29 bits per heavy atom. The summed E-state index contributed by atoms with van der Waals surface area (Å²) in [6.07, 6.45) is 0. The van der Waals surface area contributed by atoms with Crippen LogP contribution in [0.15, 0.2) is 27.4 Å². The summed E-state index contributed by atoms with van der Waals surface area (Å²) in [6, 6.07) is 3.71. The lowest BCUT2D eigenvalue weighted by molar-refractivity contribution is 0.527. The maximum absolute atomic E-state index is 12.7. The van der Waals surface area contributed by atoms with Crippen molar-refractivity contribution in [2.24, 2.45) is 0 Å². The third kappa shape index (κ3) is 1.54. The quantitative estimate of drug-likeness (QED) is 0.788. The van der Waals surface area contributed by atoms with E-state index in [4.69, 9.17) is 11.6 Å². The summed E-state index contributed by atoms with van der Waals surface area (Å²) in [7, 11) is 0. The van der Waals surface area contributed by atoms with Crippen molar-refractivity contribution in [3.63, 3.8) is 0 Å². The molecule has 4 nitrogen and oxygen atoms in total. The minimum atomic E-state index is -0.680. The van der Waals surface area contributed by atoms with Crippen molar-refractivity contribution >= 4 is 11.6 Å². The summed E-state index contributed by atoms with van der Waals surface area (Å²) in [5.74, 6) is -1.10. The summed E-state index contributed by atoms with van der Waals surface area (Å²) in [4.78, 5) is 10.6. The number of aromatic amines is 1. The maximum Gasteiger partial charge on any atom is 0.434 e. The molecule has 14 heavy (non-hydrogen) atoms. The number of benzene rings is 1. The molecule has 0 fully saturated rings. The SMILES string of the molecule is O=c1[nH]nc(-c2ccc(F)cc2Cl)o1. The first-order valence-electron chi connectivity index (χ1n) is 3.68. The number of hydrogen-bond donors (Lipinski definition) is 1. The minimum Gasteiger partial charge on any atom is -0.388 e. The van der Waals surface area contributed by atoms with Crippen molar-refractivity contribution < 1.29 is 8.81 Å². The molecule has 0 atom stereocenters. The molecule has 2 rings (SSSR count). The molecule has 0 saturated carbocycles. The van der Waals surface area contributed by atoms with Gasteiger partial charge in [0, 0.05) is 0 Å². The molecule has 6 heteroatoms. The maximum atomic E-state index is 12.7.